The number of hydrogen-bond donors (Lipinski definition) is 1. The molecule has 0 aromatic carbocycles. The molecule has 3 aromatic heterocycles. The topological polar surface area (TPSA) is 135 Å². The molecule has 0 atom stereocenters. The predicted octanol–water partition coefficient (Wildman–Crippen LogP) is 0.00130. The largest absolute Gasteiger partial charge is 0.378 e. The maximum Gasteiger partial charge on any atom is 0.319 e. The number of morpholine rings is 1. The first-order valence-electron chi connectivity index (χ1n) is 11.8. The Kier molecular flexibility index (Phi) is 6.59. The molecule has 5 heterocycles. The highest BCUT2D eigenvalue weighted by molar-refractivity contribution is 5.88. The summed E-state index contributed by atoms with van der Waals surface area (Å²) in [5.74, 6) is 0.857. The summed E-state index contributed by atoms with van der Waals surface area (Å²) in [7, 11) is 3.58. The second-order valence-electron chi connectivity index (χ2n) is 8.92. The Labute approximate surface area is 203 Å². The lowest BCUT2D eigenvalue weighted by molar-refractivity contribution is 0.121. The van der Waals surface area contributed by atoms with Crippen molar-refractivity contribution >= 4 is 29.1 Å². The number of piperazine rings is 1. The Hall–Kier alpha value is -3.58. The van der Waals surface area contributed by atoms with Crippen LogP contribution in [0.25, 0.3) is 22.4 Å². The molecule has 0 bridgehead atoms. The zero-order valence-electron chi connectivity index (χ0n) is 20.2. The van der Waals surface area contributed by atoms with Gasteiger partial charge in [0.2, 0.25) is 11.9 Å². The zero-order chi connectivity index (χ0) is 24.4. The van der Waals surface area contributed by atoms with Crippen LogP contribution < -0.4 is 10.6 Å². The molecule has 3 aromatic rings. The van der Waals surface area contributed by atoms with Gasteiger partial charge in [0.25, 0.3) is 0 Å². The quantitative estimate of drug-likeness (QED) is 0.530. The lowest BCUT2D eigenvalue weighted by Crippen LogP contribution is -2.51. The Balaban J connectivity index is 1.38. The predicted molar refractivity (Wildman–Crippen MR) is 131 cm³/mol. The fraction of sp³-hybridized carbons (Fsp3) is 0.545. The van der Waals surface area contributed by atoms with E-state index in [0.29, 0.717) is 30.4 Å². The summed E-state index contributed by atoms with van der Waals surface area (Å²) < 4.78 is 7.57. The van der Waals surface area contributed by atoms with E-state index >= 15 is 0 Å². The number of carbonyl (C=O) groups is 1. The molecule has 0 unspecified atom stereocenters. The van der Waals surface area contributed by atoms with Gasteiger partial charge in [-0.25, -0.2) is 24.7 Å². The van der Waals surface area contributed by atoms with Gasteiger partial charge in [-0.2, -0.15) is 4.98 Å². The fourth-order valence-electron chi connectivity index (χ4n) is 4.36. The first kappa shape index (κ1) is 23.2. The number of ether oxygens (including phenoxy) is 1. The van der Waals surface area contributed by atoms with Crippen molar-refractivity contribution in [1.29, 1.82) is 0 Å². The molecule has 5 rings (SSSR count). The number of fused-ring (bicyclic) bond motifs is 1. The summed E-state index contributed by atoms with van der Waals surface area (Å²) in [5, 5.41) is 0. The number of urea groups is 1. The van der Waals surface area contributed by atoms with Crippen LogP contribution in [-0.2, 0) is 11.3 Å². The summed E-state index contributed by atoms with van der Waals surface area (Å²) in [5.41, 5.74) is 8.60. The van der Waals surface area contributed by atoms with Gasteiger partial charge in [-0.15, -0.1) is 0 Å². The van der Waals surface area contributed by atoms with Gasteiger partial charge >= 0.3 is 6.03 Å². The molecule has 2 N–H and O–H groups in total. The van der Waals surface area contributed by atoms with E-state index in [2.05, 4.69) is 29.3 Å². The molecule has 0 aliphatic carbocycles. The summed E-state index contributed by atoms with van der Waals surface area (Å²) in [4.78, 5) is 42.9. The maximum absolute atomic E-state index is 12.2. The van der Waals surface area contributed by atoms with Crippen molar-refractivity contribution in [2.75, 3.05) is 83.8 Å². The van der Waals surface area contributed by atoms with Gasteiger partial charge in [-0.05, 0) is 0 Å². The normalized spacial score (nSPS) is 17.2. The monoisotopic (exact) mass is 481 g/mol. The highest BCUT2D eigenvalue weighted by Crippen LogP contribution is 2.27. The molecule has 13 nitrogen and oxygen atoms in total. The SMILES string of the molecule is CN(C)C(=O)N1CCN(CCn2cnc3c(-c4cnc(N)nc4)nc(N4CCOCC4)nc32)CC1. The minimum Gasteiger partial charge on any atom is -0.378 e. The molecule has 0 radical (unpaired) electrons. The number of aromatic nitrogens is 6. The van der Waals surface area contributed by atoms with Crippen molar-refractivity contribution in [3.05, 3.63) is 18.7 Å². The maximum atomic E-state index is 12.2. The third-order valence-electron chi connectivity index (χ3n) is 6.37. The molecule has 0 spiro atoms. The van der Waals surface area contributed by atoms with Crippen molar-refractivity contribution < 1.29 is 9.53 Å². The van der Waals surface area contributed by atoms with Crippen LogP contribution >= 0.6 is 0 Å². The van der Waals surface area contributed by atoms with Gasteiger partial charge in [0.1, 0.15) is 11.2 Å². The third-order valence-corrected chi connectivity index (χ3v) is 6.37. The molecule has 2 aliphatic rings. The van der Waals surface area contributed by atoms with Crippen LogP contribution in [0, 0.1) is 0 Å². The minimum absolute atomic E-state index is 0.0665. The summed E-state index contributed by atoms with van der Waals surface area (Å²) in [6.07, 6.45) is 5.15. The van der Waals surface area contributed by atoms with Crippen LogP contribution in [0.3, 0.4) is 0 Å². The van der Waals surface area contributed by atoms with E-state index in [0.717, 1.165) is 63.6 Å². The smallest absolute Gasteiger partial charge is 0.319 e. The van der Waals surface area contributed by atoms with E-state index in [9.17, 15) is 4.79 Å². The van der Waals surface area contributed by atoms with Crippen molar-refractivity contribution in [3.8, 4) is 11.3 Å². The van der Waals surface area contributed by atoms with E-state index < -0.39 is 0 Å². The van der Waals surface area contributed by atoms with Gasteiger partial charge in [-0.3, -0.25) is 4.90 Å². The van der Waals surface area contributed by atoms with E-state index in [4.69, 9.17) is 20.4 Å². The van der Waals surface area contributed by atoms with Gasteiger partial charge < -0.3 is 29.7 Å². The minimum atomic E-state index is 0.0665. The van der Waals surface area contributed by atoms with Gasteiger partial charge in [0.05, 0.1) is 19.5 Å². The van der Waals surface area contributed by atoms with Crippen LogP contribution in [0.15, 0.2) is 18.7 Å². The fourth-order valence-corrected chi connectivity index (χ4v) is 4.36. The highest BCUT2D eigenvalue weighted by Gasteiger charge is 2.23. The number of rotatable bonds is 5. The lowest BCUT2D eigenvalue weighted by Gasteiger charge is -2.35. The zero-order valence-corrected chi connectivity index (χ0v) is 20.2. The Bertz CT molecular complexity index is 1170. The van der Waals surface area contributed by atoms with E-state index in [1.54, 1.807) is 31.4 Å². The first-order chi connectivity index (χ1) is 17.0. The van der Waals surface area contributed by atoms with Crippen LogP contribution in [0.2, 0.25) is 0 Å². The second-order valence-corrected chi connectivity index (χ2v) is 8.92. The van der Waals surface area contributed by atoms with Crippen molar-refractivity contribution in [2.24, 2.45) is 0 Å². The standard InChI is InChI=1S/C22H31N11O2/c1-29(2)22(34)32-6-3-30(4-7-32)5-8-33-15-26-18-17(16-13-24-20(23)25-14-16)27-21(28-19(18)33)31-9-11-35-12-10-31/h13-15H,3-12H2,1-2H3,(H2,23,24,25). The molecular formula is C22H31N11O2. The number of carbonyl (C=O) groups excluding carboxylic acids is 1. The molecular weight excluding hydrogens is 450 g/mol. The van der Waals surface area contributed by atoms with Crippen molar-refractivity contribution in [2.45, 2.75) is 6.54 Å². The van der Waals surface area contributed by atoms with Crippen LogP contribution in [0.5, 0.6) is 0 Å². The molecule has 0 saturated carbocycles. The van der Waals surface area contributed by atoms with E-state index in [1.165, 1.54) is 0 Å². The number of nitrogens with two attached hydrogens (primary N) is 1. The number of amides is 2. The number of imidazole rings is 1. The molecule has 2 saturated heterocycles. The van der Waals surface area contributed by atoms with Crippen molar-refractivity contribution in [3.63, 3.8) is 0 Å². The Morgan fingerprint density at radius 2 is 1.71 bits per heavy atom. The number of nitrogens with zero attached hydrogens (tertiary/aromatic N) is 10. The molecule has 13 heteroatoms. The van der Waals surface area contributed by atoms with Crippen LogP contribution in [-0.4, -0.2) is 123 Å². The number of hydrogen-bond acceptors (Lipinski definition) is 10. The number of anilines is 2. The van der Waals surface area contributed by atoms with Crippen LogP contribution in [0.4, 0.5) is 16.7 Å². The molecule has 2 fully saturated rings. The van der Waals surface area contributed by atoms with E-state index in [1.807, 2.05) is 11.2 Å². The summed E-state index contributed by atoms with van der Waals surface area (Å²) in [6, 6.07) is 0.0665. The summed E-state index contributed by atoms with van der Waals surface area (Å²) in [6.45, 7) is 7.45. The highest BCUT2D eigenvalue weighted by atomic mass is 16.5. The van der Waals surface area contributed by atoms with Crippen LogP contribution in [0.1, 0.15) is 0 Å². The van der Waals surface area contributed by atoms with E-state index in [-0.39, 0.29) is 12.0 Å². The molecule has 2 aliphatic heterocycles. The van der Waals surface area contributed by atoms with Gasteiger partial charge in [0.15, 0.2) is 5.65 Å². The lowest BCUT2D eigenvalue weighted by atomic mass is 10.2. The first-order valence-corrected chi connectivity index (χ1v) is 11.8. The average molecular weight is 482 g/mol. The van der Waals surface area contributed by atoms with Gasteiger partial charge in [-0.1, -0.05) is 0 Å². The average Bonchev–Trinajstić information content (AvgIpc) is 3.31. The summed E-state index contributed by atoms with van der Waals surface area (Å²) >= 11 is 0. The Morgan fingerprint density at radius 1 is 1.00 bits per heavy atom. The third kappa shape index (κ3) is 4.95. The Morgan fingerprint density at radius 3 is 2.40 bits per heavy atom. The number of nitrogen functional groups attached to an aromatic ring is 1. The molecule has 2 amide bonds. The molecule has 186 valence electrons. The van der Waals surface area contributed by atoms with Crippen molar-refractivity contribution in [1.82, 2.24) is 44.2 Å². The molecule has 35 heavy (non-hydrogen) atoms. The second kappa shape index (κ2) is 9.96. The van der Waals surface area contributed by atoms with Gasteiger partial charge in [0, 0.05) is 84.4 Å².